The third-order valence-corrected chi connectivity index (χ3v) is 7.21. The van der Waals surface area contributed by atoms with Crippen LogP contribution in [0.1, 0.15) is 39.2 Å². The fourth-order valence-corrected chi connectivity index (χ4v) is 5.90. The van der Waals surface area contributed by atoms with Gasteiger partial charge in [-0.15, -0.1) is 0 Å². The molecule has 1 aromatic rings. The summed E-state index contributed by atoms with van der Waals surface area (Å²) in [7, 11) is 0. The predicted molar refractivity (Wildman–Crippen MR) is 77.0 cm³/mol. The average molecular weight is 307 g/mol. The molecule has 3 rings (SSSR count). The summed E-state index contributed by atoms with van der Waals surface area (Å²) in [5.41, 5.74) is 1.09. The molecule has 18 heavy (non-hydrogen) atoms. The van der Waals surface area contributed by atoms with Crippen LogP contribution in [0.3, 0.4) is 0 Å². The lowest BCUT2D eigenvalue weighted by Crippen LogP contribution is -2.41. The molecular weight excluding hydrogens is 288 g/mol. The first-order valence-corrected chi connectivity index (χ1v) is 7.53. The van der Waals surface area contributed by atoms with E-state index in [2.05, 4.69) is 61.0 Å². The van der Waals surface area contributed by atoms with Gasteiger partial charge < -0.3 is 0 Å². The second kappa shape index (κ2) is 3.47. The van der Waals surface area contributed by atoms with Gasteiger partial charge in [0.25, 0.3) is 0 Å². The minimum atomic E-state index is -0.184. The molecule has 2 fully saturated rings. The maximum absolute atomic E-state index is 12.6. The summed E-state index contributed by atoms with van der Waals surface area (Å²) in [4.78, 5) is 12.6. The number of fused-ring (bicyclic) bond motifs is 2. The highest BCUT2D eigenvalue weighted by molar-refractivity contribution is 9.10. The van der Waals surface area contributed by atoms with E-state index in [4.69, 9.17) is 0 Å². The van der Waals surface area contributed by atoms with Crippen LogP contribution in [0.2, 0.25) is 0 Å². The van der Waals surface area contributed by atoms with Crippen molar-refractivity contribution in [3.63, 3.8) is 0 Å². The molecule has 1 nitrogen and oxygen atoms in total. The van der Waals surface area contributed by atoms with Gasteiger partial charge in [0.1, 0.15) is 0 Å². The number of hydrogen-bond donors (Lipinski definition) is 0. The first-order chi connectivity index (χ1) is 8.38. The van der Waals surface area contributed by atoms with Crippen molar-refractivity contribution in [2.45, 2.75) is 43.9 Å². The molecule has 0 saturated heterocycles. The van der Waals surface area contributed by atoms with Crippen LogP contribution in [-0.2, 0) is 10.2 Å². The molecule has 0 amide bonds. The Bertz CT molecular complexity index is 507. The molecule has 0 radical (unpaired) electrons. The zero-order valence-corrected chi connectivity index (χ0v) is 12.8. The molecule has 2 bridgehead atoms. The number of ketones is 1. The average Bonchev–Trinajstić information content (AvgIpc) is 2.63. The quantitative estimate of drug-likeness (QED) is 0.714. The van der Waals surface area contributed by atoms with E-state index in [1.165, 1.54) is 5.56 Å². The lowest BCUT2D eigenvalue weighted by Gasteiger charge is -2.41. The Kier molecular flexibility index (Phi) is 2.39. The highest BCUT2D eigenvalue weighted by Crippen LogP contribution is 2.72. The van der Waals surface area contributed by atoms with Gasteiger partial charge in [-0.1, -0.05) is 67.0 Å². The highest BCUT2D eigenvalue weighted by atomic mass is 79.9. The Morgan fingerprint density at radius 3 is 2.22 bits per heavy atom. The normalized spacial score (nSPS) is 41.3. The van der Waals surface area contributed by atoms with Crippen LogP contribution in [0.4, 0.5) is 0 Å². The Balaban J connectivity index is 2.26. The zero-order valence-electron chi connectivity index (χ0n) is 11.2. The van der Waals surface area contributed by atoms with Crippen molar-refractivity contribution in [1.29, 1.82) is 0 Å². The van der Waals surface area contributed by atoms with Crippen molar-refractivity contribution < 1.29 is 4.79 Å². The Morgan fingerprint density at radius 2 is 1.72 bits per heavy atom. The van der Waals surface area contributed by atoms with Crippen LogP contribution in [0.5, 0.6) is 0 Å². The van der Waals surface area contributed by atoms with Crippen LogP contribution in [0.15, 0.2) is 30.3 Å². The van der Waals surface area contributed by atoms with Crippen LogP contribution in [-0.4, -0.2) is 10.6 Å². The molecule has 2 aliphatic carbocycles. The van der Waals surface area contributed by atoms with E-state index in [0.717, 1.165) is 12.8 Å². The minimum Gasteiger partial charge on any atom is -0.298 e. The van der Waals surface area contributed by atoms with E-state index >= 15 is 0 Å². The lowest BCUT2D eigenvalue weighted by molar-refractivity contribution is -0.127. The SMILES string of the molecule is CC1(C)[C@]2(C)CC[C@@]1(c1ccccc1)[C@H](Br)C2=O. The number of carbonyl (C=O) groups excluding carboxylic acids is 1. The van der Waals surface area contributed by atoms with Crippen LogP contribution in [0.25, 0.3) is 0 Å². The lowest BCUT2D eigenvalue weighted by atomic mass is 9.62. The summed E-state index contributed by atoms with van der Waals surface area (Å²) < 4.78 is 0. The van der Waals surface area contributed by atoms with Crippen LogP contribution in [0, 0.1) is 10.8 Å². The van der Waals surface area contributed by atoms with Gasteiger partial charge in [0.05, 0.1) is 4.83 Å². The molecule has 0 unspecified atom stereocenters. The summed E-state index contributed by atoms with van der Waals surface area (Å²) in [5.74, 6) is 0.391. The maximum Gasteiger partial charge on any atom is 0.153 e. The van der Waals surface area contributed by atoms with Gasteiger partial charge in [0.2, 0.25) is 0 Å². The Morgan fingerprint density at radius 1 is 1.11 bits per heavy atom. The summed E-state index contributed by atoms with van der Waals surface area (Å²) in [6.07, 6.45) is 2.11. The van der Waals surface area contributed by atoms with E-state index in [1.54, 1.807) is 0 Å². The summed E-state index contributed by atoms with van der Waals surface area (Å²) >= 11 is 3.72. The second-order valence-corrected chi connectivity index (χ2v) is 7.44. The van der Waals surface area contributed by atoms with Crippen molar-refractivity contribution in [3.8, 4) is 0 Å². The first kappa shape index (κ1) is 12.4. The fraction of sp³-hybridized carbons (Fsp3) is 0.562. The first-order valence-electron chi connectivity index (χ1n) is 6.62. The van der Waals surface area contributed by atoms with Crippen molar-refractivity contribution in [2.75, 3.05) is 0 Å². The monoisotopic (exact) mass is 306 g/mol. The summed E-state index contributed by atoms with van der Waals surface area (Å²) in [6.45, 7) is 6.69. The van der Waals surface area contributed by atoms with Crippen molar-refractivity contribution in [2.24, 2.45) is 10.8 Å². The van der Waals surface area contributed by atoms with Crippen molar-refractivity contribution in [1.82, 2.24) is 0 Å². The topological polar surface area (TPSA) is 17.1 Å². The minimum absolute atomic E-state index is 0.00655. The molecule has 0 aromatic heterocycles. The molecule has 2 aliphatic rings. The molecule has 96 valence electrons. The van der Waals surface area contributed by atoms with Crippen LogP contribution >= 0.6 is 15.9 Å². The van der Waals surface area contributed by atoms with E-state index < -0.39 is 0 Å². The number of alkyl halides is 1. The van der Waals surface area contributed by atoms with Gasteiger partial charge in [-0.05, 0) is 23.8 Å². The summed E-state index contributed by atoms with van der Waals surface area (Å²) in [5, 5.41) is 0. The van der Waals surface area contributed by atoms with Gasteiger partial charge in [-0.3, -0.25) is 4.79 Å². The third-order valence-electron chi connectivity index (χ3n) is 6.01. The molecule has 0 aliphatic heterocycles. The maximum atomic E-state index is 12.6. The zero-order chi connectivity index (χ0) is 13.2. The Labute approximate surface area is 117 Å². The van der Waals surface area contributed by atoms with Gasteiger partial charge in [0.15, 0.2) is 5.78 Å². The van der Waals surface area contributed by atoms with E-state index in [0.29, 0.717) is 5.78 Å². The van der Waals surface area contributed by atoms with Gasteiger partial charge in [-0.25, -0.2) is 0 Å². The molecule has 2 heteroatoms. The predicted octanol–water partition coefficient (Wildman–Crippen LogP) is 4.10. The van der Waals surface area contributed by atoms with E-state index in [1.807, 2.05) is 6.07 Å². The van der Waals surface area contributed by atoms with Crippen LogP contribution < -0.4 is 0 Å². The van der Waals surface area contributed by atoms with Gasteiger partial charge >= 0.3 is 0 Å². The fourth-order valence-electron chi connectivity index (χ4n) is 4.33. The molecule has 0 N–H and O–H groups in total. The van der Waals surface area contributed by atoms with E-state index in [-0.39, 0.29) is 21.1 Å². The number of carbonyl (C=O) groups is 1. The number of benzene rings is 1. The number of Topliss-reactive ketones (excluding diaryl/α,β-unsaturated/α-hetero) is 1. The standard InChI is InChI=1S/C16H19BrO/c1-14(2)15(3)9-10-16(14,12(17)13(15)18)11-7-5-4-6-8-11/h4-8,12H,9-10H2,1-3H3/t12-,15-,16-/m1/s1. The largest absolute Gasteiger partial charge is 0.298 e. The molecule has 2 saturated carbocycles. The molecule has 1 aromatic carbocycles. The third kappa shape index (κ3) is 1.07. The molecule has 3 atom stereocenters. The van der Waals surface area contributed by atoms with Gasteiger partial charge in [0, 0.05) is 10.8 Å². The molecular formula is C16H19BrO. The Hall–Kier alpha value is -0.630. The summed E-state index contributed by atoms with van der Waals surface area (Å²) in [6, 6.07) is 10.6. The number of halogens is 1. The number of hydrogen-bond acceptors (Lipinski definition) is 1. The van der Waals surface area contributed by atoms with Gasteiger partial charge in [-0.2, -0.15) is 0 Å². The molecule has 0 heterocycles. The smallest absolute Gasteiger partial charge is 0.153 e. The van der Waals surface area contributed by atoms with E-state index in [9.17, 15) is 4.79 Å². The van der Waals surface area contributed by atoms with Crippen molar-refractivity contribution in [3.05, 3.63) is 35.9 Å². The van der Waals surface area contributed by atoms with Crippen molar-refractivity contribution >= 4 is 21.7 Å². The molecule has 0 spiro atoms. The highest BCUT2D eigenvalue weighted by Gasteiger charge is 2.74. The second-order valence-electron chi connectivity index (χ2n) is 6.52. The number of rotatable bonds is 1.